The van der Waals surface area contributed by atoms with E-state index in [1.54, 1.807) is 0 Å². The van der Waals surface area contributed by atoms with Gasteiger partial charge in [-0.2, -0.15) is 0 Å². The second-order valence-corrected chi connectivity index (χ2v) is 12.5. The van der Waals surface area contributed by atoms with E-state index in [1.165, 1.54) is 70.3 Å². The molecule has 3 heterocycles. The lowest BCUT2D eigenvalue weighted by molar-refractivity contribution is 0.184. The highest BCUT2D eigenvalue weighted by Crippen LogP contribution is 2.58. The summed E-state index contributed by atoms with van der Waals surface area (Å²) in [4.78, 5) is 9.32. The molecule has 0 spiro atoms. The number of rotatable bonds is 5. The summed E-state index contributed by atoms with van der Waals surface area (Å²) in [5.74, 6) is 1.51. The number of nitrogens with zero attached hydrogens (tertiary/aromatic N) is 2. The minimum absolute atomic E-state index is 0.496. The van der Waals surface area contributed by atoms with E-state index in [0.29, 0.717) is 23.4 Å². The molecule has 1 aromatic rings. The molecule has 2 aliphatic carbocycles. The quantitative estimate of drug-likeness (QED) is 0.417. The van der Waals surface area contributed by atoms with Crippen LogP contribution in [0.4, 0.5) is 5.69 Å². The Bertz CT molecular complexity index is 1110. The SMILES string of the molecule is C=CC1=C(C=C)N(C2CCC3C(C2)C2CCCC4SC(C=C)=C(C=C)N3C42)c2ccccc2S1. The van der Waals surface area contributed by atoms with E-state index in [-0.39, 0.29) is 0 Å². The highest BCUT2D eigenvalue weighted by Gasteiger charge is 2.57. The van der Waals surface area contributed by atoms with Gasteiger partial charge >= 0.3 is 0 Å². The van der Waals surface area contributed by atoms with Crippen molar-refractivity contribution in [1.82, 2.24) is 4.90 Å². The fraction of sp³-hybridized carbons (Fsp3) is 0.400. The van der Waals surface area contributed by atoms with Crippen LogP contribution in [0.3, 0.4) is 0 Å². The molecule has 6 rings (SSSR count). The molecule has 0 aromatic heterocycles. The minimum atomic E-state index is 0.496. The van der Waals surface area contributed by atoms with Gasteiger partial charge in [-0.1, -0.05) is 68.8 Å². The first-order chi connectivity index (χ1) is 16.7. The zero-order chi connectivity index (χ0) is 23.4. The van der Waals surface area contributed by atoms with E-state index in [4.69, 9.17) is 0 Å². The van der Waals surface area contributed by atoms with Crippen LogP contribution in [-0.4, -0.2) is 28.3 Å². The summed E-state index contributed by atoms with van der Waals surface area (Å²) >= 11 is 3.90. The first-order valence-electron chi connectivity index (χ1n) is 12.7. The zero-order valence-electron chi connectivity index (χ0n) is 19.9. The summed E-state index contributed by atoms with van der Waals surface area (Å²) in [5.41, 5.74) is 3.92. The molecule has 1 aromatic carbocycles. The summed E-state index contributed by atoms with van der Waals surface area (Å²) in [6.45, 7) is 16.7. The van der Waals surface area contributed by atoms with Gasteiger partial charge in [0.05, 0.1) is 17.1 Å². The van der Waals surface area contributed by atoms with Crippen LogP contribution in [0, 0.1) is 11.8 Å². The van der Waals surface area contributed by atoms with Crippen LogP contribution in [0.1, 0.15) is 38.5 Å². The molecule has 2 saturated carbocycles. The molecule has 1 saturated heterocycles. The summed E-state index contributed by atoms with van der Waals surface area (Å²) in [6, 6.07) is 10.6. The van der Waals surface area contributed by atoms with E-state index in [1.807, 2.05) is 23.9 Å². The molecule has 0 N–H and O–H groups in total. The smallest absolute Gasteiger partial charge is 0.0555 e. The van der Waals surface area contributed by atoms with Gasteiger partial charge in [-0.25, -0.2) is 0 Å². The second kappa shape index (κ2) is 8.87. The van der Waals surface area contributed by atoms with Gasteiger partial charge in [0.25, 0.3) is 0 Å². The van der Waals surface area contributed by atoms with Crippen LogP contribution in [0.5, 0.6) is 0 Å². The third-order valence-corrected chi connectivity index (χ3v) is 11.3. The van der Waals surface area contributed by atoms with Crippen molar-refractivity contribution in [2.45, 2.75) is 66.8 Å². The van der Waals surface area contributed by atoms with E-state index in [2.05, 4.69) is 84.3 Å². The molecule has 0 radical (unpaired) electrons. The van der Waals surface area contributed by atoms with Crippen molar-refractivity contribution in [1.29, 1.82) is 0 Å². The van der Waals surface area contributed by atoms with Crippen molar-refractivity contribution in [2.75, 3.05) is 4.90 Å². The van der Waals surface area contributed by atoms with Gasteiger partial charge in [-0.05, 0) is 68.2 Å². The van der Waals surface area contributed by atoms with Crippen molar-refractivity contribution < 1.29 is 0 Å². The zero-order valence-corrected chi connectivity index (χ0v) is 21.5. The van der Waals surface area contributed by atoms with Crippen molar-refractivity contribution in [3.05, 3.63) is 96.1 Å². The molecule has 0 amide bonds. The van der Waals surface area contributed by atoms with Gasteiger partial charge < -0.3 is 9.80 Å². The molecule has 5 aliphatic rings. The molecule has 176 valence electrons. The van der Waals surface area contributed by atoms with Gasteiger partial charge in [0.2, 0.25) is 0 Å². The molecule has 2 nitrogen and oxygen atoms in total. The topological polar surface area (TPSA) is 6.48 Å². The third kappa shape index (κ3) is 3.25. The Labute approximate surface area is 213 Å². The van der Waals surface area contributed by atoms with Crippen LogP contribution in [0.15, 0.2) is 101 Å². The van der Waals surface area contributed by atoms with Gasteiger partial charge in [0.1, 0.15) is 0 Å². The Morgan fingerprint density at radius 1 is 0.824 bits per heavy atom. The monoisotopic (exact) mass is 486 g/mol. The number of hydrogen-bond acceptors (Lipinski definition) is 4. The first kappa shape index (κ1) is 22.4. The van der Waals surface area contributed by atoms with Gasteiger partial charge in [0.15, 0.2) is 0 Å². The van der Waals surface area contributed by atoms with Gasteiger partial charge in [0, 0.05) is 38.1 Å². The number of hydrogen-bond donors (Lipinski definition) is 0. The molecular formula is C30H34N2S2. The van der Waals surface area contributed by atoms with Crippen LogP contribution >= 0.6 is 23.5 Å². The van der Waals surface area contributed by atoms with Crippen molar-refractivity contribution >= 4 is 29.2 Å². The number of benzene rings is 1. The van der Waals surface area contributed by atoms with E-state index < -0.39 is 0 Å². The van der Waals surface area contributed by atoms with E-state index in [9.17, 15) is 0 Å². The maximum Gasteiger partial charge on any atom is 0.0555 e. The Kier molecular flexibility index (Phi) is 5.85. The standard InChI is InChI=1S/C30H34N2S2/c1-5-22-26(7-3)33-28-14-10-9-13-25(28)31(22)19-16-17-24-21(18-19)20-12-11-15-29-30(20)32(24)23(6-2)27(8-4)34-29/h5-10,13-14,19-21,24,29-30H,1-4,11-12,15-18H2. The molecule has 0 bridgehead atoms. The maximum atomic E-state index is 4.23. The lowest BCUT2D eigenvalue weighted by Crippen LogP contribution is -2.48. The highest BCUT2D eigenvalue weighted by molar-refractivity contribution is 8.04. The number of anilines is 1. The third-order valence-electron chi connectivity index (χ3n) is 8.70. The van der Waals surface area contributed by atoms with Crippen LogP contribution < -0.4 is 4.90 Å². The maximum absolute atomic E-state index is 4.23. The minimum Gasteiger partial charge on any atom is -0.363 e. The summed E-state index contributed by atoms with van der Waals surface area (Å²) in [7, 11) is 0. The second-order valence-electron chi connectivity index (χ2n) is 10.1. The lowest BCUT2D eigenvalue weighted by Gasteiger charge is -2.46. The Hall–Kier alpha value is -2.04. The Morgan fingerprint density at radius 3 is 2.38 bits per heavy atom. The van der Waals surface area contributed by atoms with Gasteiger partial charge in [-0.3, -0.25) is 0 Å². The Morgan fingerprint density at radius 2 is 1.62 bits per heavy atom. The number of fused-ring (bicyclic) bond motifs is 4. The molecule has 4 heteroatoms. The van der Waals surface area contributed by atoms with Crippen LogP contribution in [0.2, 0.25) is 0 Å². The fourth-order valence-corrected chi connectivity index (χ4v) is 10.0. The summed E-state index contributed by atoms with van der Waals surface area (Å²) in [6.07, 6.45) is 16.0. The average Bonchev–Trinajstić information content (AvgIpc) is 3.22. The predicted octanol–water partition coefficient (Wildman–Crippen LogP) is 7.90. The molecule has 6 unspecified atom stereocenters. The van der Waals surface area contributed by atoms with E-state index in [0.717, 1.165) is 11.8 Å². The van der Waals surface area contributed by atoms with Crippen molar-refractivity contribution in [3.63, 3.8) is 0 Å². The average molecular weight is 487 g/mol. The van der Waals surface area contributed by atoms with E-state index >= 15 is 0 Å². The number of allylic oxidation sites excluding steroid dienone is 4. The molecule has 3 aliphatic heterocycles. The summed E-state index contributed by atoms with van der Waals surface area (Å²) in [5, 5.41) is 0.697. The fourth-order valence-electron chi connectivity index (χ4n) is 7.53. The molecule has 34 heavy (non-hydrogen) atoms. The number of thioether (sulfide) groups is 2. The predicted molar refractivity (Wildman–Crippen MR) is 149 cm³/mol. The molecule has 6 atom stereocenters. The summed E-state index contributed by atoms with van der Waals surface area (Å²) < 4.78 is 0. The van der Waals surface area contributed by atoms with Crippen molar-refractivity contribution in [3.8, 4) is 0 Å². The Balaban J connectivity index is 1.38. The first-order valence-corrected chi connectivity index (χ1v) is 14.4. The lowest BCUT2D eigenvalue weighted by atomic mass is 9.71. The molecule has 3 fully saturated rings. The van der Waals surface area contributed by atoms with Crippen molar-refractivity contribution in [2.24, 2.45) is 11.8 Å². The highest BCUT2D eigenvalue weighted by atomic mass is 32.2. The molecular weight excluding hydrogens is 452 g/mol. The normalized spacial score (nSPS) is 34.2. The van der Waals surface area contributed by atoms with Crippen LogP contribution in [-0.2, 0) is 0 Å². The number of para-hydroxylation sites is 1. The largest absolute Gasteiger partial charge is 0.363 e. The van der Waals surface area contributed by atoms with Gasteiger partial charge in [-0.15, -0.1) is 11.8 Å². The van der Waals surface area contributed by atoms with Crippen LogP contribution in [0.25, 0.3) is 0 Å².